The summed E-state index contributed by atoms with van der Waals surface area (Å²) in [7, 11) is -3.52. The maximum Gasteiger partial charge on any atom is 0.329 e. The van der Waals surface area contributed by atoms with E-state index in [-0.39, 0.29) is 94.8 Å². The van der Waals surface area contributed by atoms with Crippen molar-refractivity contribution in [3.8, 4) is 0 Å². The van der Waals surface area contributed by atoms with E-state index in [2.05, 4.69) is 20.1 Å². The fourth-order valence-electron chi connectivity index (χ4n) is 6.85. The summed E-state index contributed by atoms with van der Waals surface area (Å²) >= 11 is 0. The Balaban J connectivity index is 4.28. The second-order valence-corrected chi connectivity index (χ2v) is 24.3. The largest absolute Gasteiger partial charge is 0.550 e. The van der Waals surface area contributed by atoms with E-state index in [1.165, 1.54) is 38.5 Å². The van der Waals surface area contributed by atoms with Crippen LogP contribution in [0.25, 0.3) is 0 Å². The average molecular weight is 1030 g/mol. The van der Waals surface area contributed by atoms with E-state index < -0.39 is 55.1 Å². The number of carboxylic acid groups (broad SMARTS) is 1. The quantitative estimate of drug-likeness (QED) is 0.0380. The maximum absolute atomic E-state index is 13.0. The Morgan fingerprint density at radius 2 is 0.986 bits per heavy atom. The second-order valence-electron chi connectivity index (χ2n) is 20.4. The lowest BCUT2D eigenvalue weighted by Crippen LogP contribution is -2.47. The highest BCUT2D eigenvalue weighted by Crippen LogP contribution is 2.16. The van der Waals surface area contributed by atoms with E-state index in [1.54, 1.807) is 20.8 Å². The summed E-state index contributed by atoms with van der Waals surface area (Å²) in [5, 5.41) is 15.8. The third-order valence-electron chi connectivity index (χ3n) is 10.7. The van der Waals surface area contributed by atoms with Crippen LogP contribution in [0.5, 0.6) is 0 Å². The van der Waals surface area contributed by atoms with Gasteiger partial charge in [-0.05, 0) is 73.6 Å². The van der Waals surface area contributed by atoms with Gasteiger partial charge in [-0.1, -0.05) is 77.0 Å². The Labute approximate surface area is 416 Å². The number of nitrogens with zero attached hydrogens (tertiary/aromatic N) is 1. The Morgan fingerprint density at radius 3 is 1.49 bits per heavy atom. The number of carbonyl (C=O) groups is 5. The van der Waals surface area contributed by atoms with Crippen LogP contribution in [0.15, 0.2) is 0 Å². The fraction of sp³-hybridized carbons (Fsp3) is 0.896. The number of hydrogen-bond donors (Lipinski definition) is 4. The Hall–Kier alpha value is -2.95. The van der Waals surface area contributed by atoms with Crippen molar-refractivity contribution in [3.63, 3.8) is 0 Å². The molecule has 0 aromatic carbocycles. The maximum atomic E-state index is 13.0. The second kappa shape index (κ2) is 36.9. The zero-order chi connectivity index (χ0) is 52.2. The van der Waals surface area contributed by atoms with Crippen LogP contribution in [0.3, 0.4) is 0 Å². The molecule has 0 aliphatic rings. The molecule has 0 unspecified atom stereocenters. The molecule has 0 heterocycles. The molecule has 0 saturated heterocycles. The highest BCUT2D eigenvalue weighted by atomic mass is 32.2. The molecular weight excluding hydrogens is 935 g/mol. The molecule has 69 heavy (non-hydrogen) atoms. The lowest BCUT2D eigenvalue weighted by Gasteiger charge is -2.29. The SMILES string of the molecule is CC(C)(C)OC(=O)CCCCCCCCCCCCCCCCC(=O)N[C@@H](CCC(=O)NCCCS(=O)(=O)NCCCS(=O)(=O)NCC[N+](C)(C)CCOCCOCCC(=O)[O-])C(=O)OC(C)(C)C. The standard InChI is InChI=1S/C48H93N5O14S2/c1-47(2,3)66-45(58)26-22-20-18-16-14-12-10-9-11-13-15-17-19-21-25-43(55)52-41(46(59)67-48(4,5)6)27-28-42(54)49-30-23-39-68(60,61)50-31-24-40-69(62,63)51-32-33-53(7,8)34-36-65-38-37-64-35-29-44(56)57/h41,50-51H,9-40H2,1-8H3,(H2-,49,52,54,55,56,57)/t41-/m0/s1. The number of likely N-dealkylation sites (N-methyl/N-ethyl adjacent to an activating group) is 1. The molecule has 0 spiro atoms. The first kappa shape index (κ1) is 66.0. The van der Waals surface area contributed by atoms with Crippen LogP contribution < -0.4 is 25.2 Å². The van der Waals surface area contributed by atoms with Crippen molar-refractivity contribution in [1.29, 1.82) is 0 Å². The fourth-order valence-corrected chi connectivity index (χ4v) is 9.04. The van der Waals surface area contributed by atoms with Crippen molar-refractivity contribution in [3.05, 3.63) is 0 Å². The topological polar surface area (TPSA) is 262 Å². The van der Waals surface area contributed by atoms with Gasteiger partial charge in [-0.15, -0.1) is 0 Å². The van der Waals surface area contributed by atoms with Gasteiger partial charge >= 0.3 is 11.9 Å². The summed E-state index contributed by atoms with van der Waals surface area (Å²) in [6, 6.07) is -1.01. The molecule has 0 bridgehead atoms. The van der Waals surface area contributed by atoms with Crippen LogP contribution in [0.1, 0.15) is 176 Å². The van der Waals surface area contributed by atoms with Crippen LogP contribution in [-0.2, 0) is 63.0 Å². The molecule has 0 aliphatic heterocycles. The molecule has 1 atom stereocenters. The van der Waals surface area contributed by atoms with Crippen molar-refractivity contribution in [1.82, 2.24) is 20.1 Å². The first-order valence-electron chi connectivity index (χ1n) is 25.3. The Bertz CT molecular complexity index is 1670. The van der Waals surface area contributed by atoms with Crippen LogP contribution in [0.4, 0.5) is 0 Å². The smallest absolute Gasteiger partial charge is 0.329 e. The summed E-state index contributed by atoms with van der Waals surface area (Å²) in [6.07, 6.45) is 16.0. The van der Waals surface area contributed by atoms with Crippen molar-refractivity contribution >= 4 is 49.8 Å². The molecule has 0 aromatic heterocycles. The summed E-state index contributed by atoms with van der Waals surface area (Å²) in [5.41, 5.74) is -1.21. The van der Waals surface area contributed by atoms with Gasteiger partial charge in [0, 0.05) is 44.7 Å². The van der Waals surface area contributed by atoms with E-state index in [0.717, 1.165) is 44.9 Å². The third-order valence-corrected chi connectivity index (χ3v) is 13.6. The Kier molecular flexibility index (Phi) is 35.3. The average Bonchev–Trinajstić information content (AvgIpc) is 3.21. The van der Waals surface area contributed by atoms with Crippen molar-refractivity contribution in [2.24, 2.45) is 0 Å². The number of unbranched alkanes of at least 4 members (excludes halogenated alkanes) is 13. The number of esters is 2. The minimum absolute atomic E-state index is 0.0144. The summed E-state index contributed by atoms with van der Waals surface area (Å²) in [5.74, 6) is -3.16. The molecule has 0 fully saturated rings. The lowest BCUT2D eigenvalue weighted by atomic mass is 10.0. The number of hydrogen-bond acceptors (Lipinski definition) is 14. The third kappa shape index (κ3) is 44.7. The van der Waals surface area contributed by atoms with Crippen LogP contribution in [0.2, 0.25) is 0 Å². The summed E-state index contributed by atoms with van der Waals surface area (Å²) < 4.78 is 76.9. The molecule has 0 radical (unpaired) electrons. The molecule has 19 nitrogen and oxygen atoms in total. The van der Waals surface area contributed by atoms with Gasteiger partial charge < -0.3 is 44.0 Å². The molecule has 0 aliphatic carbocycles. The van der Waals surface area contributed by atoms with Gasteiger partial charge in [0.2, 0.25) is 31.9 Å². The zero-order valence-corrected chi connectivity index (χ0v) is 45.3. The highest BCUT2D eigenvalue weighted by Gasteiger charge is 2.27. The number of aliphatic carboxylic acids is 1. The number of rotatable bonds is 44. The number of ether oxygens (including phenoxy) is 4. The normalized spacial score (nSPS) is 12.9. The molecule has 4 N–H and O–H groups in total. The first-order chi connectivity index (χ1) is 32.2. The van der Waals surface area contributed by atoms with E-state index in [0.29, 0.717) is 43.6 Å². The van der Waals surface area contributed by atoms with Gasteiger partial charge in [0.15, 0.2) is 0 Å². The lowest BCUT2D eigenvalue weighted by molar-refractivity contribution is -0.889. The minimum Gasteiger partial charge on any atom is -0.550 e. The number of carboxylic acids is 1. The van der Waals surface area contributed by atoms with E-state index in [4.69, 9.17) is 18.9 Å². The van der Waals surface area contributed by atoms with Gasteiger partial charge in [-0.3, -0.25) is 14.4 Å². The summed E-state index contributed by atoms with van der Waals surface area (Å²) in [6.45, 7) is 13.1. The van der Waals surface area contributed by atoms with E-state index >= 15 is 0 Å². The van der Waals surface area contributed by atoms with Gasteiger partial charge in [-0.2, -0.15) is 0 Å². The monoisotopic (exact) mass is 1030 g/mol. The van der Waals surface area contributed by atoms with Gasteiger partial charge in [0.05, 0.1) is 65.1 Å². The van der Waals surface area contributed by atoms with Crippen LogP contribution in [0, 0.1) is 0 Å². The molecule has 0 saturated carbocycles. The van der Waals surface area contributed by atoms with Gasteiger partial charge in [-0.25, -0.2) is 31.1 Å². The molecule has 406 valence electrons. The van der Waals surface area contributed by atoms with Crippen LogP contribution in [-0.4, -0.2) is 153 Å². The number of quaternary nitrogens is 1. The number of amides is 2. The van der Waals surface area contributed by atoms with Crippen molar-refractivity contribution in [2.75, 3.05) is 84.8 Å². The van der Waals surface area contributed by atoms with E-state index in [1.807, 2.05) is 34.9 Å². The molecule has 0 aromatic rings. The summed E-state index contributed by atoms with van der Waals surface area (Å²) in [4.78, 5) is 60.6. The zero-order valence-electron chi connectivity index (χ0n) is 43.7. The van der Waals surface area contributed by atoms with Crippen LogP contribution >= 0.6 is 0 Å². The van der Waals surface area contributed by atoms with Gasteiger partial charge in [0.1, 0.15) is 23.8 Å². The van der Waals surface area contributed by atoms with E-state index in [9.17, 15) is 45.9 Å². The number of sulfonamides is 2. The van der Waals surface area contributed by atoms with Crippen molar-refractivity contribution in [2.45, 2.75) is 194 Å². The number of carbonyl (C=O) groups excluding carboxylic acids is 5. The predicted molar refractivity (Wildman–Crippen MR) is 266 cm³/mol. The molecular formula is C48H93N5O14S2. The highest BCUT2D eigenvalue weighted by molar-refractivity contribution is 7.89. The van der Waals surface area contributed by atoms with Crippen molar-refractivity contribution < 1.29 is 69.3 Å². The predicted octanol–water partition coefficient (Wildman–Crippen LogP) is 4.16. The van der Waals surface area contributed by atoms with Gasteiger partial charge in [0.25, 0.3) is 0 Å². The Morgan fingerprint density at radius 1 is 0.522 bits per heavy atom. The molecule has 2 amide bonds. The first-order valence-corrected chi connectivity index (χ1v) is 28.6. The molecule has 21 heteroatoms. The minimum atomic E-state index is -3.73. The number of nitrogens with one attached hydrogen (secondary N) is 4. The molecule has 0 rings (SSSR count).